The third-order valence-corrected chi connectivity index (χ3v) is 4.32. The highest BCUT2D eigenvalue weighted by molar-refractivity contribution is 7.98. The topological polar surface area (TPSA) is 56.7 Å². The molecule has 0 atom stereocenters. The Morgan fingerprint density at radius 1 is 1.23 bits per heavy atom. The number of fused-ring (bicyclic) bond motifs is 1. The Morgan fingerprint density at radius 2 is 2.05 bits per heavy atom. The van der Waals surface area contributed by atoms with Gasteiger partial charge in [0, 0.05) is 13.0 Å². The van der Waals surface area contributed by atoms with Gasteiger partial charge in [0.2, 0.25) is 5.89 Å². The lowest BCUT2D eigenvalue weighted by molar-refractivity contribution is 0.382. The summed E-state index contributed by atoms with van der Waals surface area (Å²) in [6.45, 7) is 7.32. The first kappa shape index (κ1) is 15.1. The van der Waals surface area contributed by atoms with Crippen molar-refractivity contribution in [2.24, 2.45) is 5.92 Å². The molecule has 1 aromatic carbocycles. The van der Waals surface area contributed by atoms with Gasteiger partial charge in [0.05, 0.1) is 16.8 Å². The Bertz CT molecular complexity index is 762. The molecule has 5 nitrogen and oxygen atoms in total. The van der Waals surface area contributed by atoms with Crippen LogP contribution in [0.3, 0.4) is 0 Å². The van der Waals surface area contributed by atoms with Crippen molar-refractivity contribution in [1.29, 1.82) is 0 Å². The zero-order valence-electron chi connectivity index (χ0n) is 13.1. The van der Waals surface area contributed by atoms with Crippen LogP contribution < -0.4 is 0 Å². The van der Waals surface area contributed by atoms with Crippen LogP contribution in [-0.4, -0.2) is 19.7 Å². The number of thioether (sulfide) groups is 1. The van der Waals surface area contributed by atoms with Gasteiger partial charge >= 0.3 is 0 Å². The molecule has 0 fully saturated rings. The first-order chi connectivity index (χ1) is 10.7. The Balaban J connectivity index is 1.75. The molecule has 0 spiro atoms. The molecule has 0 radical (unpaired) electrons. The SMILES string of the molecule is CCn1c(SCc2nc(CC(C)C)no2)nc2ccccc21. The highest BCUT2D eigenvalue weighted by Gasteiger charge is 2.13. The lowest BCUT2D eigenvalue weighted by Gasteiger charge is -2.03. The molecule has 0 unspecified atom stereocenters. The summed E-state index contributed by atoms with van der Waals surface area (Å²) < 4.78 is 7.53. The summed E-state index contributed by atoms with van der Waals surface area (Å²) in [6.07, 6.45) is 0.849. The fourth-order valence-corrected chi connectivity index (χ4v) is 3.31. The largest absolute Gasteiger partial charge is 0.338 e. The summed E-state index contributed by atoms with van der Waals surface area (Å²) in [6, 6.07) is 8.20. The van der Waals surface area contributed by atoms with Crippen LogP contribution in [-0.2, 0) is 18.7 Å². The van der Waals surface area contributed by atoms with Crippen LogP contribution in [0.25, 0.3) is 11.0 Å². The fraction of sp³-hybridized carbons (Fsp3) is 0.438. The van der Waals surface area contributed by atoms with E-state index in [1.54, 1.807) is 11.8 Å². The molecule has 0 N–H and O–H groups in total. The molecule has 0 aliphatic heterocycles. The molecular weight excluding hydrogens is 296 g/mol. The summed E-state index contributed by atoms with van der Waals surface area (Å²) >= 11 is 1.64. The van der Waals surface area contributed by atoms with Gasteiger partial charge in [0.1, 0.15) is 0 Å². The molecule has 3 aromatic rings. The smallest absolute Gasteiger partial charge is 0.237 e. The van der Waals surface area contributed by atoms with Gasteiger partial charge in [-0.1, -0.05) is 42.9 Å². The molecule has 2 heterocycles. The monoisotopic (exact) mass is 316 g/mol. The van der Waals surface area contributed by atoms with E-state index < -0.39 is 0 Å². The van der Waals surface area contributed by atoms with Gasteiger partial charge in [0.15, 0.2) is 11.0 Å². The number of nitrogens with zero attached hydrogens (tertiary/aromatic N) is 4. The Hall–Kier alpha value is -1.82. The number of hydrogen-bond donors (Lipinski definition) is 0. The molecule has 0 aliphatic carbocycles. The van der Waals surface area contributed by atoms with Crippen molar-refractivity contribution in [3.63, 3.8) is 0 Å². The van der Waals surface area contributed by atoms with Crippen LogP contribution in [0.2, 0.25) is 0 Å². The number of benzene rings is 1. The molecule has 2 aromatic heterocycles. The average Bonchev–Trinajstić information content (AvgIpc) is 3.07. The molecule has 0 saturated carbocycles. The summed E-state index contributed by atoms with van der Waals surface area (Å²) in [5.74, 6) is 2.63. The predicted octanol–water partition coefficient (Wildman–Crippen LogP) is 3.93. The van der Waals surface area contributed by atoms with Crippen molar-refractivity contribution in [2.45, 2.75) is 44.6 Å². The summed E-state index contributed by atoms with van der Waals surface area (Å²) in [5, 5.41) is 5.02. The minimum atomic E-state index is 0.530. The number of aryl methyl sites for hydroxylation is 1. The second kappa shape index (κ2) is 6.52. The molecule has 3 rings (SSSR count). The molecule has 0 saturated heterocycles. The van der Waals surface area contributed by atoms with Crippen molar-refractivity contribution in [3.05, 3.63) is 36.0 Å². The van der Waals surface area contributed by atoms with E-state index in [1.165, 1.54) is 5.52 Å². The van der Waals surface area contributed by atoms with E-state index in [-0.39, 0.29) is 0 Å². The maximum Gasteiger partial charge on any atom is 0.237 e. The van der Waals surface area contributed by atoms with Gasteiger partial charge in [-0.3, -0.25) is 0 Å². The highest BCUT2D eigenvalue weighted by Crippen LogP contribution is 2.26. The van der Waals surface area contributed by atoms with E-state index in [1.807, 2.05) is 18.2 Å². The maximum atomic E-state index is 5.32. The number of rotatable bonds is 6. The standard InChI is InChI=1S/C16H20N4OS/c1-4-20-13-8-6-5-7-12(13)17-16(20)22-10-15-18-14(19-21-15)9-11(2)3/h5-8,11H,4,9-10H2,1-3H3. The van der Waals surface area contributed by atoms with E-state index in [9.17, 15) is 0 Å². The van der Waals surface area contributed by atoms with Crippen LogP contribution >= 0.6 is 11.8 Å². The van der Waals surface area contributed by atoms with Crippen molar-refractivity contribution in [1.82, 2.24) is 19.7 Å². The van der Waals surface area contributed by atoms with E-state index in [0.717, 1.165) is 29.5 Å². The second-order valence-corrected chi connectivity index (χ2v) is 6.56. The summed E-state index contributed by atoms with van der Waals surface area (Å²) in [7, 11) is 0. The zero-order valence-corrected chi connectivity index (χ0v) is 13.9. The summed E-state index contributed by atoms with van der Waals surface area (Å²) in [4.78, 5) is 9.13. The third kappa shape index (κ3) is 3.16. The minimum absolute atomic E-state index is 0.530. The maximum absolute atomic E-state index is 5.32. The number of hydrogen-bond acceptors (Lipinski definition) is 5. The van der Waals surface area contributed by atoms with Crippen LogP contribution in [0.4, 0.5) is 0 Å². The van der Waals surface area contributed by atoms with Gasteiger partial charge in [0.25, 0.3) is 0 Å². The van der Waals surface area contributed by atoms with Gasteiger partial charge in [-0.2, -0.15) is 4.98 Å². The van der Waals surface area contributed by atoms with E-state index in [2.05, 4.69) is 46.5 Å². The van der Waals surface area contributed by atoms with Crippen LogP contribution in [0.15, 0.2) is 33.9 Å². The van der Waals surface area contributed by atoms with Crippen LogP contribution in [0.5, 0.6) is 0 Å². The normalized spacial score (nSPS) is 11.6. The Labute approximate surface area is 134 Å². The third-order valence-electron chi connectivity index (χ3n) is 3.36. The number of para-hydroxylation sites is 2. The zero-order chi connectivity index (χ0) is 15.5. The van der Waals surface area contributed by atoms with Crippen molar-refractivity contribution < 1.29 is 4.52 Å². The van der Waals surface area contributed by atoms with Crippen molar-refractivity contribution >= 4 is 22.8 Å². The molecule has 0 aliphatic rings. The molecule has 116 valence electrons. The van der Waals surface area contributed by atoms with Gasteiger partial charge in [-0.25, -0.2) is 4.98 Å². The molecule has 0 amide bonds. The van der Waals surface area contributed by atoms with Gasteiger partial charge in [-0.05, 0) is 25.0 Å². The Kier molecular flexibility index (Phi) is 4.47. The predicted molar refractivity (Wildman–Crippen MR) is 87.8 cm³/mol. The quantitative estimate of drug-likeness (QED) is 0.645. The van der Waals surface area contributed by atoms with Gasteiger partial charge in [-0.15, -0.1) is 0 Å². The van der Waals surface area contributed by atoms with E-state index in [0.29, 0.717) is 17.6 Å². The average molecular weight is 316 g/mol. The fourth-order valence-electron chi connectivity index (χ4n) is 2.39. The van der Waals surface area contributed by atoms with Crippen molar-refractivity contribution in [3.8, 4) is 0 Å². The Morgan fingerprint density at radius 3 is 2.82 bits per heavy atom. The van der Waals surface area contributed by atoms with Gasteiger partial charge < -0.3 is 9.09 Å². The number of aromatic nitrogens is 4. The number of imidazole rings is 1. The summed E-state index contributed by atoms with van der Waals surface area (Å²) in [5.41, 5.74) is 2.19. The van der Waals surface area contributed by atoms with Crippen LogP contribution in [0.1, 0.15) is 32.5 Å². The lowest BCUT2D eigenvalue weighted by atomic mass is 10.1. The molecule has 6 heteroatoms. The van der Waals surface area contributed by atoms with Crippen LogP contribution in [0, 0.1) is 5.92 Å². The first-order valence-electron chi connectivity index (χ1n) is 7.57. The van der Waals surface area contributed by atoms with E-state index in [4.69, 9.17) is 4.52 Å². The first-order valence-corrected chi connectivity index (χ1v) is 8.55. The minimum Gasteiger partial charge on any atom is -0.338 e. The second-order valence-electron chi connectivity index (χ2n) is 5.62. The molecule has 0 bridgehead atoms. The molecule has 22 heavy (non-hydrogen) atoms. The lowest BCUT2D eigenvalue weighted by Crippen LogP contribution is -1.97. The highest BCUT2D eigenvalue weighted by atomic mass is 32.2. The molecular formula is C16H20N4OS. The van der Waals surface area contributed by atoms with E-state index >= 15 is 0 Å². The van der Waals surface area contributed by atoms with Crippen molar-refractivity contribution in [2.75, 3.05) is 0 Å².